The number of nitrogens with zero attached hydrogens (tertiary/aromatic N) is 5. The van der Waals surface area contributed by atoms with Crippen LogP contribution in [0.2, 0.25) is 0 Å². The van der Waals surface area contributed by atoms with Crippen LogP contribution in [-0.2, 0) is 0 Å². The maximum absolute atomic E-state index is 11.1. The van der Waals surface area contributed by atoms with Crippen molar-refractivity contribution in [2.75, 3.05) is 0 Å². The Kier molecular flexibility index (Phi) is 9.54. The highest BCUT2D eigenvalue weighted by atomic mass is 16.3. The zero-order valence-electron chi connectivity index (χ0n) is 36.4. The minimum absolute atomic E-state index is 0.142. The molecule has 1 N–H and O–H groups in total. The van der Waals surface area contributed by atoms with Gasteiger partial charge in [-0.3, -0.25) is 0 Å². The third-order valence-electron chi connectivity index (χ3n) is 13.0. The highest BCUT2D eigenvalue weighted by Crippen LogP contribution is 2.43. The fourth-order valence-corrected chi connectivity index (χ4v) is 9.69. The van der Waals surface area contributed by atoms with Gasteiger partial charge in [0.15, 0.2) is 17.5 Å². The van der Waals surface area contributed by atoms with Gasteiger partial charge in [0.1, 0.15) is 29.3 Å². The second kappa shape index (κ2) is 15.9. The molecule has 0 aliphatic heterocycles. The average molecular weight is 851 g/mol. The van der Waals surface area contributed by atoms with Crippen molar-refractivity contribution < 1.29 is 5.11 Å². The number of phenolic OH excluding ortho intramolecular Hbond substituents is 1. The van der Waals surface area contributed by atoms with Crippen molar-refractivity contribution in [3.05, 3.63) is 200 Å². The number of aromatic nitrogens is 5. The summed E-state index contributed by atoms with van der Waals surface area (Å²) in [7, 11) is 19.7. The maximum Gasteiger partial charge on any atom is 0.164 e. The van der Waals surface area contributed by atoms with Crippen molar-refractivity contribution in [1.29, 1.82) is 0 Å². The van der Waals surface area contributed by atoms with E-state index in [-0.39, 0.29) is 16.7 Å². The third kappa shape index (κ3) is 6.49. The van der Waals surface area contributed by atoms with E-state index in [1.807, 2.05) is 78.9 Å². The molecule has 0 saturated carbocycles. The van der Waals surface area contributed by atoms with Crippen LogP contribution in [0.3, 0.4) is 0 Å². The standard InChI is InChI=1S/C58H36B3N5O/c1-34-50(59)49(52(61)55(67)51(34)60)43-30-29-40(33-46(43)35-15-5-2-6-16-35)66-48-24-14-12-22-42(48)45-32-31-44-41-21-11-13-23-47(41)65(53(44)54(45)66)39-27-25-38(26-28-39)58-63-56(36-17-7-3-8-18-36)62-57(64-58)37-19-9-4-10-20-37/h2-33,67H,1H3. The Morgan fingerprint density at radius 1 is 0.388 bits per heavy atom. The largest absolute Gasteiger partial charge is 0.509 e. The van der Waals surface area contributed by atoms with E-state index < -0.39 is 0 Å². The number of benzene rings is 9. The van der Waals surface area contributed by atoms with E-state index in [4.69, 9.17) is 38.5 Å². The topological polar surface area (TPSA) is 68.8 Å². The monoisotopic (exact) mass is 851 g/mol. The summed E-state index contributed by atoms with van der Waals surface area (Å²) < 4.78 is 4.74. The molecule has 6 radical (unpaired) electrons. The molecule has 3 aromatic heterocycles. The molecule has 3 heterocycles. The van der Waals surface area contributed by atoms with E-state index in [0.717, 1.165) is 88.4 Å². The minimum atomic E-state index is -0.169. The molecule has 0 amide bonds. The summed E-state index contributed by atoms with van der Waals surface area (Å²) in [4.78, 5) is 14.9. The number of aromatic hydroxyl groups is 1. The fourth-order valence-electron chi connectivity index (χ4n) is 9.69. The quantitative estimate of drug-likeness (QED) is 0.162. The molecule has 0 unspecified atom stereocenters. The molecule has 0 aliphatic carbocycles. The molecule has 0 spiro atoms. The Balaban J connectivity index is 1.10. The van der Waals surface area contributed by atoms with Gasteiger partial charge in [0.05, 0.1) is 22.1 Å². The van der Waals surface area contributed by atoms with E-state index >= 15 is 0 Å². The second-order valence-electron chi connectivity index (χ2n) is 16.8. The number of rotatable bonds is 7. The van der Waals surface area contributed by atoms with Crippen molar-refractivity contribution in [1.82, 2.24) is 24.1 Å². The van der Waals surface area contributed by atoms with E-state index in [1.165, 1.54) is 0 Å². The third-order valence-corrected chi connectivity index (χ3v) is 13.0. The summed E-state index contributed by atoms with van der Waals surface area (Å²) >= 11 is 0. The van der Waals surface area contributed by atoms with Crippen LogP contribution < -0.4 is 16.4 Å². The first-order valence-electron chi connectivity index (χ1n) is 22.1. The predicted octanol–water partition coefficient (Wildman–Crippen LogP) is 10.8. The van der Waals surface area contributed by atoms with Crippen molar-refractivity contribution in [3.8, 4) is 73.5 Å². The average Bonchev–Trinajstić information content (AvgIpc) is 3.91. The molecule has 12 rings (SSSR count). The smallest absolute Gasteiger partial charge is 0.164 e. The van der Waals surface area contributed by atoms with Gasteiger partial charge < -0.3 is 14.2 Å². The SMILES string of the molecule is [B]c1c(C)c([B])c(-c2ccc(-n3c4ccccc4c4ccc5c6ccccc6n(-c6ccc(-c7nc(-c8ccccc8)nc(-c8ccccc8)n7)cc6)c5c43)cc2-c2ccccc2)c([B])c1O. The zero-order valence-corrected chi connectivity index (χ0v) is 36.4. The van der Waals surface area contributed by atoms with E-state index in [9.17, 15) is 5.11 Å². The summed E-state index contributed by atoms with van der Waals surface area (Å²) in [6, 6.07) is 66.8. The maximum atomic E-state index is 11.1. The lowest BCUT2D eigenvalue weighted by Gasteiger charge is -2.22. The summed E-state index contributed by atoms with van der Waals surface area (Å²) in [6.07, 6.45) is 0. The summed E-state index contributed by atoms with van der Waals surface area (Å²) in [5, 5.41) is 15.6. The van der Waals surface area contributed by atoms with Crippen molar-refractivity contribution >= 4 is 83.5 Å². The Morgan fingerprint density at radius 2 is 0.821 bits per heavy atom. The lowest BCUT2D eigenvalue weighted by Crippen LogP contribution is -2.31. The summed E-state index contributed by atoms with van der Waals surface area (Å²) in [5.74, 6) is 1.65. The molecule has 0 saturated heterocycles. The van der Waals surface area contributed by atoms with Crippen LogP contribution in [0.1, 0.15) is 5.56 Å². The minimum Gasteiger partial charge on any atom is -0.509 e. The number of phenols is 1. The number of hydrogen-bond acceptors (Lipinski definition) is 4. The van der Waals surface area contributed by atoms with Crippen molar-refractivity contribution in [2.45, 2.75) is 6.92 Å². The van der Waals surface area contributed by atoms with Crippen LogP contribution in [-0.4, -0.2) is 52.7 Å². The molecule has 67 heavy (non-hydrogen) atoms. The molecule has 6 nitrogen and oxygen atoms in total. The van der Waals surface area contributed by atoms with E-state index in [0.29, 0.717) is 34.1 Å². The van der Waals surface area contributed by atoms with E-state index in [2.05, 4.69) is 124 Å². The molecular weight excluding hydrogens is 815 g/mol. The lowest BCUT2D eigenvalue weighted by molar-refractivity contribution is 0.484. The lowest BCUT2D eigenvalue weighted by atomic mass is 9.69. The van der Waals surface area contributed by atoms with Crippen LogP contribution in [0.15, 0.2) is 194 Å². The molecule has 9 aromatic carbocycles. The Bertz CT molecular complexity index is 3820. The van der Waals surface area contributed by atoms with Crippen LogP contribution >= 0.6 is 0 Å². The summed E-state index contributed by atoms with van der Waals surface area (Å²) in [6.45, 7) is 1.80. The fraction of sp³-hybridized carbons (Fsp3) is 0.0172. The first kappa shape index (κ1) is 40.1. The Hall–Kier alpha value is -8.42. The van der Waals surface area contributed by atoms with Gasteiger partial charge in [-0.1, -0.05) is 162 Å². The van der Waals surface area contributed by atoms with Gasteiger partial charge >= 0.3 is 0 Å². The highest BCUT2D eigenvalue weighted by molar-refractivity contribution is 6.51. The molecule has 9 heteroatoms. The molecule has 0 atom stereocenters. The molecule has 0 aliphatic rings. The first-order valence-corrected chi connectivity index (χ1v) is 22.1. The van der Waals surface area contributed by atoms with Crippen LogP contribution in [0.4, 0.5) is 0 Å². The van der Waals surface area contributed by atoms with Gasteiger partial charge in [-0.05, 0) is 83.2 Å². The summed E-state index contributed by atoms with van der Waals surface area (Å²) in [5.41, 5.74) is 13.4. The number of para-hydroxylation sites is 2. The van der Waals surface area contributed by atoms with Gasteiger partial charge in [0, 0.05) is 49.6 Å². The molecule has 0 bridgehead atoms. The Labute approximate surface area is 391 Å². The van der Waals surface area contributed by atoms with Crippen molar-refractivity contribution in [3.63, 3.8) is 0 Å². The van der Waals surface area contributed by atoms with Crippen LogP contribution in [0.25, 0.3) is 111 Å². The predicted molar refractivity (Wildman–Crippen MR) is 278 cm³/mol. The van der Waals surface area contributed by atoms with Gasteiger partial charge in [-0.15, -0.1) is 0 Å². The second-order valence-corrected chi connectivity index (χ2v) is 16.8. The Morgan fingerprint density at radius 3 is 1.34 bits per heavy atom. The highest BCUT2D eigenvalue weighted by Gasteiger charge is 2.24. The van der Waals surface area contributed by atoms with Crippen molar-refractivity contribution in [2.24, 2.45) is 0 Å². The number of fused-ring (bicyclic) bond motifs is 7. The molecular formula is C58H36B3N5O. The zero-order chi connectivity index (χ0) is 45.3. The van der Waals surface area contributed by atoms with Crippen LogP contribution in [0.5, 0.6) is 5.75 Å². The van der Waals surface area contributed by atoms with E-state index in [1.54, 1.807) is 6.92 Å². The van der Waals surface area contributed by atoms with Gasteiger partial charge in [0.2, 0.25) is 0 Å². The molecule has 0 fully saturated rings. The molecule has 308 valence electrons. The number of hydrogen-bond donors (Lipinski definition) is 1. The van der Waals surface area contributed by atoms with Gasteiger partial charge in [-0.25, -0.2) is 15.0 Å². The molecule has 12 aromatic rings. The normalized spacial score (nSPS) is 11.6. The van der Waals surface area contributed by atoms with Gasteiger partial charge in [-0.2, -0.15) is 0 Å². The van der Waals surface area contributed by atoms with Crippen LogP contribution in [0, 0.1) is 6.92 Å². The first-order chi connectivity index (χ1) is 32.8. The van der Waals surface area contributed by atoms with Gasteiger partial charge in [0.25, 0.3) is 0 Å².